The fraction of sp³-hybridized carbons (Fsp3) is 0.682. The zero-order valence-electron chi connectivity index (χ0n) is 16.6. The molecule has 0 N–H and O–H groups in total. The summed E-state index contributed by atoms with van der Waals surface area (Å²) in [7, 11) is 1.47. The molecular weight excluding hydrogens is 344 g/mol. The molecule has 2 aliphatic carbocycles. The second kappa shape index (κ2) is 7.61. The summed E-state index contributed by atoms with van der Waals surface area (Å²) in [4.78, 5) is 35.7. The predicted molar refractivity (Wildman–Crippen MR) is 101 cm³/mol. The monoisotopic (exact) mass is 374 g/mol. The quantitative estimate of drug-likeness (QED) is 0.416. The summed E-state index contributed by atoms with van der Waals surface area (Å²) >= 11 is 0. The van der Waals surface area contributed by atoms with Crippen LogP contribution in [0.3, 0.4) is 0 Å². The normalized spacial score (nSPS) is 37.4. The van der Waals surface area contributed by atoms with Gasteiger partial charge in [-0.25, -0.2) is 4.79 Å². The Morgan fingerprint density at radius 1 is 1.37 bits per heavy atom. The first kappa shape index (κ1) is 19.8. The molecule has 3 rings (SSSR count). The van der Waals surface area contributed by atoms with Crippen molar-refractivity contribution in [1.29, 1.82) is 0 Å². The van der Waals surface area contributed by atoms with Crippen molar-refractivity contribution in [3.8, 4) is 0 Å². The molecule has 0 aromatic heterocycles. The number of cyclic esters (lactones) is 1. The van der Waals surface area contributed by atoms with Gasteiger partial charge in [0.15, 0.2) is 0 Å². The van der Waals surface area contributed by atoms with E-state index in [1.165, 1.54) is 7.11 Å². The minimum Gasteiger partial charge on any atom is -0.469 e. The van der Waals surface area contributed by atoms with Crippen LogP contribution in [0.4, 0.5) is 0 Å². The molecule has 5 nitrogen and oxygen atoms in total. The van der Waals surface area contributed by atoms with Crippen LogP contribution < -0.4 is 0 Å². The maximum atomic E-state index is 12.6. The van der Waals surface area contributed by atoms with E-state index >= 15 is 0 Å². The summed E-state index contributed by atoms with van der Waals surface area (Å²) in [6.07, 6.45) is 10.4. The number of carbonyl (C=O) groups is 3. The van der Waals surface area contributed by atoms with Gasteiger partial charge in [0.1, 0.15) is 12.9 Å². The van der Waals surface area contributed by atoms with Gasteiger partial charge in [-0.3, -0.25) is 9.59 Å². The van der Waals surface area contributed by atoms with Crippen LogP contribution in [-0.4, -0.2) is 31.9 Å². The highest BCUT2D eigenvalue weighted by molar-refractivity contribution is 5.90. The van der Waals surface area contributed by atoms with E-state index in [9.17, 15) is 14.4 Å². The number of allylic oxidation sites excluding steroid dienone is 2. The first-order valence-corrected chi connectivity index (χ1v) is 9.95. The lowest BCUT2D eigenvalue weighted by Gasteiger charge is -2.57. The maximum absolute atomic E-state index is 12.6. The van der Waals surface area contributed by atoms with E-state index < -0.39 is 5.41 Å². The van der Waals surface area contributed by atoms with E-state index in [1.54, 1.807) is 6.08 Å². The molecular formula is C22H30O5. The van der Waals surface area contributed by atoms with Crippen LogP contribution >= 0.6 is 0 Å². The molecule has 5 heteroatoms. The predicted octanol–water partition coefficient (Wildman–Crippen LogP) is 3.77. The molecule has 0 radical (unpaired) electrons. The number of ether oxygens (including phenoxy) is 2. The standard InChI is InChI=1S/C22H30O5/c1-21-11-4-12-22(2,20(25)26-3)18(21)8-6-15(9-13-23)17(21)7-5-16-10-14-27-19(16)24/h9-10,13,17-18H,4-8,11-12,14H2,1-3H3/b15-9+/t17-,18?,21+,22-/m0/s1. The molecule has 4 atom stereocenters. The topological polar surface area (TPSA) is 69.7 Å². The van der Waals surface area contributed by atoms with Crippen molar-refractivity contribution in [2.45, 2.75) is 58.8 Å². The Hall–Kier alpha value is -1.91. The lowest BCUT2D eigenvalue weighted by Crippen LogP contribution is -2.53. The zero-order chi connectivity index (χ0) is 19.7. The fourth-order valence-electron chi connectivity index (χ4n) is 6.06. The summed E-state index contributed by atoms with van der Waals surface area (Å²) in [5.41, 5.74) is 1.32. The van der Waals surface area contributed by atoms with Gasteiger partial charge in [0, 0.05) is 5.57 Å². The zero-order valence-corrected chi connectivity index (χ0v) is 16.6. The summed E-state index contributed by atoms with van der Waals surface area (Å²) in [6, 6.07) is 0. The average molecular weight is 374 g/mol. The van der Waals surface area contributed by atoms with Crippen molar-refractivity contribution in [2.75, 3.05) is 13.7 Å². The Morgan fingerprint density at radius 3 is 2.78 bits per heavy atom. The van der Waals surface area contributed by atoms with E-state index in [4.69, 9.17) is 9.47 Å². The number of fused-ring (bicyclic) bond motifs is 1. The summed E-state index contributed by atoms with van der Waals surface area (Å²) in [5, 5.41) is 0. The van der Waals surface area contributed by atoms with Crippen LogP contribution in [0, 0.1) is 22.7 Å². The molecule has 0 spiro atoms. The van der Waals surface area contributed by atoms with E-state index in [-0.39, 0.29) is 29.2 Å². The largest absolute Gasteiger partial charge is 0.469 e. The van der Waals surface area contributed by atoms with E-state index in [0.717, 1.165) is 56.0 Å². The molecule has 1 heterocycles. The van der Waals surface area contributed by atoms with Crippen molar-refractivity contribution >= 4 is 18.2 Å². The third kappa shape index (κ3) is 3.37. The molecule has 27 heavy (non-hydrogen) atoms. The Bertz CT molecular complexity index is 691. The highest BCUT2D eigenvalue weighted by Gasteiger charge is 2.57. The van der Waals surface area contributed by atoms with Crippen molar-refractivity contribution in [1.82, 2.24) is 0 Å². The molecule has 148 valence electrons. The van der Waals surface area contributed by atoms with Crippen molar-refractivity contribution < 1.29 is 23.9 Å². The SMILES string of the molecule is COC(=O)[C@@]1(C)CCC[C@@]2(C)C1CC/C(=C\C=O)[C@@H]2CCC1=CCOC1=O. The third-order valence-electron chi connectivity index (χ3n) is 7.38. The molecule has 0 bridgehead atoms. The molecule has 0 amide bonds. The molecule has 2 saturated carbocycles. The highest BCUT2D eigenvalue weighted by atomic mass is 16.5. The number of carbonyl (C=O) groups excluding carboxylic acids is 3. The minimum atomic E-state index is -0.488. The number of aldehydes is 1. The highest BCUT2D eigenvalue weighted by Crippen LogP contribution is 2.62. The molecule has 0 aromatic rings. The van der Waals surface area contributed by atoms with Gasteiger partial charge in [-0.1, -0.05) is 18.9 Å². The average Bonchev–Trinajstić information content (AvgIpc) is 3.05. The van der Waals surface area contributed by atoms with Gasteiger partial charge in [-0.05, 0) is 74.9 Å². The van der Waals surface area contributed by atoms with Crippen LogP contribution in [0.5, 0.6) is 0 Å². The van der Waals surface area contributed by atoms with Gasteiger partial charge < -0.3 is 9.47 Å². The summed E-state index contributed by atoms with van der Waals surface area (Å²) in [6.45, 7) is 4.67. The van der Waals surface area contributed by atoms with Crippen LogP contribution in [0.25, 0.3) is 0 Å². The second-order valence-electron chi connectivity index (χ2n) is 8.66. The Morgan fingerprint density at radius 2 is 2.15 bits per heavy atom. The first-order valence-electron chi connectivity index (χ1n) is 9.95. The minimum absolute atomic E-state index is 0.0860. The third-order valence-corrected chi connectivity index (χ3v) is 7.38. The lowest BCUT2D eigenvalue weighted by atomic mass is 9.46. The van der Waals surface area contributed by atoms with Gasteiger partial charge in [0.05, 0.1) is 12.5 Å². The van der Waals surface area contributed by atoms with E-state index in [0.29, 0.717) is 13.0 Å². The molecule has 1 aliphatic heterocycles. The van der Waals surface area contributed by atoms with Crippen molar-refractivity contribution in [3.05, 3.63) is 23.3 Å². The molecule has 3 aliphatic rings. The van der Waals surface area contributed by atoms with Crippen molar-refractivity contribution in [3.63, 3.8) is 0 Å². The van der Waals surface area contributed by atoms with Gasteiger partial charge in [-0.15, -0.1) is 0 Å². The second-order valence-corrected chi connectivity index (χ2v) is 8.66. The number of methoxy groups -OCH3 is 1. The van der Waals surface area contributed by atoms with E-state index in [2.05, 4.69) is 6.92 Å². The fourth-order valence-corrected chi connectivity index (χ4v) is 6.06. The summed E-state index contributed by atoms with van der Waals surface area (Å²) < 4.78 is 10.2. The molecule has 0 saturated heterocycles. The first-order chi connectivity index (χ1) is 12.9. The smallest absolute Gasteiger partial charge is 0.334 e. The Labute approximate surface area is 161 Å². The maximum Gasteiger partial charge on any atom is 0.334 e. The van der Waals surface area contributed by atoms with E-state index in [1.807, 2.05) is 13.0 Å². The molecule has 2 fully saturated rings. The van der Waals surface area contributed by atoms with Gasteiger partial charge in [-0.2, -0.15) is 0 Å². The van der Waals surface area contributed by atoms with Crippen LogP contribution in [0.2, 0.25) is 0 Å². The van der Waals surface area contributed by atoms with Gasteiger partial charge in [0.2, 0.25) is 0 Å². The molecule has 1 unspecified atom stereocenters. The lowest BCUT2D eigenvalue weighted by molar-refractivity contribution is -0.168. The van der Waals surface area contributed by atoms with Crippen LogP contribution in [-0.2, 0) is 23.9 Å². The number of hydrogen-bond acceptors (Lipinski definition) is 5. The summed E-state index contributed by atoms with van der Waals surface area (Å²) in [5.74, 6) is 0.0445. The van der Waals surface area contributed by atoms with Gasteiger partial charge >= 0.3 is 11.9 Å². The Balaban J connectivity index is 1.91. The van der Waals surface area contributed by atoms with Crippen LogP contribution in [0.1, 0.15) is 58.8 Å². The number of hydrogen-bond donors (Lipinski definition) is 0. The number of esters is 2. The van der Waals surface area contributed by atoms with Crippen LogP contribution in [0.15, 0.2) is 23.3 Å². The number of rotatable bonds is 5. The Kier molecular flexibility index (Phi) is 5.59. The van der Waals surface area contributed by atoms with Gasteiger partial charge in [0.25, 0.3) is 0 Å². The van der Waals surface area contributed by atoms with Crippen molar-refractivity contribution in [2.24, 2.45) is 22.7 Å². The molecule has 0 aromatic carbocycles.